The van der Waals surface area contributed by atoms with Crippen LogP contribution < -0.4 is 4.00 Å². The van der Waals surface area contributed by atoms with E-state index in [4.69, 9.17) is 0 Å². The molecular formula is C16H34Cl2NSiTi. The second-order valence-corrected chi connectivity index (χ2v) is 97.5. The van der Waals surface area contributed by atoms with Crippen LogP contribution in [-0.4, -0.2) is 12.6 Å². The van der Waals surface area contributed by atoms with Gasteiger partial charge in [0.2, 0.25) is 0 Å². The summed E-state index contributed by atoms with van der Waals surface area (Å²) in [6, 6.07) is 4.40. The molecule has 21 heavy (non-hydrogen) atoms. The van der Waals surface area contributed by atoms with Crippen molar-refractivity contribution in [3.05, 3.63) is 40.4 Å². The molecule has 0 unspecified atom stereocenters. The molecule has 0 aliphatic heterocycles. The third-order valence-electron chi connectivity index (χ3n) is 6.22. The number of hydrogen-bond donors (Lipinski definition) is 1. The minimum atomic E-state index is -5.36. The fourth-order valence-corrected chi connectivity index (χ4v) is 15.6. The number of aromatic nitrogens is 1. The average Bonchev–Trinajstić information content (AvgIpc) is 2.74. The van der Waals surface area contributed by atoms with E-state index in [1.807, 2.05) is 0 Å². The van der Waals surface area contributed by atoms with Gasteiger partial charge in [0, 0.05) is 0 Å². The van der Waals surface area contributed by atoms with E-state index in [1.54, 1.807) is 0 Å². The molecule has 2 rings (SSSR count). The Hall–Kier alpha value is 0.271. The molecule has 1 aromatic heterocycles. The van der Waals surface area contributed by atoms with Crippen molar-refractivity contribution in [2.24, 2.45) is 0 Å². The van der Waals surface area contributed by atoms with Crippen LogP contribution in [0.2, 0.25) is 36.6 Å². The second-order valence-electron chi connectivity index (χ2n) is 19.4. The zero-order chi connectivity index (χ0) is 15.1. The molecule has 0 fully saturated rings. The summed E-state index contributed by atoms with van der Waals surface area (Å²) in [6.45, 7) is 0. The van der Waals surface area contributed by atoms with Crippen molar-refractivity contribution in [1.29, 1.82) is 0 Å². The summed E-state index contributed by atoms with van der Waals surface area (Å²) in [5.41, 5.74) is 0. The molecule has 1 N–H and O–H groups in total. The summed E-state index contributed by atoms with van der Waals surface area (Å²) in [5, 5.41) is 17.8. The number of nitrogens with one attached hydrogen (secondary N) is 1. The summed E-state index contributed by atoms with van der Waals surface area (Å²) in [7, 11) is -3.13. The Balaban J connectivity index is 0.00000200. The van der Waals surface area contributed by atoms with Crippen molar-refractivity contribution in [3.8, 4) is 0 Å². The maximum absolute atomic E-state index is 5.36. The first-order valence-electron chi connectivity index (χ1n) is 7.56. The van der Waals surface area contributed by atoms with Gasteiger partial charge in [0.1, 0.15) is 0 Å². The third kappa shape index (κ3) is 2.68. The van der Waals surface area contributed by atoms with Crippen LogP contribution in [0.3, 0.4) is 0 Å². The van der Waals surface area contributed by atoms with E-state index in [9.17, 15) is 0 Å². The van der Waals surface area contributed by atoms with Crippen LogP contribution in [0.5, 0.6) is 0 Å². The predicted octanol–water partition coefficient (Wildman–Crippen LogP) is 5.58. The number of allylic oxidation sites excluding steroid dienone is 4. The molecule has 1 aliphatic carbocycles. The standard InChI is InChI=1S/C5H5.C4H4N.7CH3.2ClH.H2Si.Ti/c2*1-2-4-5-3-1;;;;;;;;;;;/h1-3H,4H2;1-3,5H;7*1H3;2*1H;1H2;. The first-order chi connectivity index (χ1) is 7.53. The van der Waals surface area contributed by atoms with Gasteiger partial charge >= 0.3 is 108 Å². The van der Waals surface area contributed by atoms with Gasteiger partial charge in [-0.2, -0.15) is 0 Å². The topological polar surface area (TPSA) is 15.8 Å². The van der Waals surface area contributed by atoms with Gasteiger partial charge in [-0.3, -0.25) is 0 Å². The van der Waals surface area contributed by atoms with E-state index in [0.29, 0.717) is 0 Å². The van der Waals surface area contributed by atoms with Gasteiger partial charge in [0.25, 0.3) is 0 Å². The van der Waals surface area contributed by atoms with E-state index in [0.717, 1.165) is 6.42 Å². The maximum atomic E-state index is 3.60. The normalized spacial score (nSPS) is 27.7. The van der Waals surface area contributed by atoms with Crippen molar-refractivity contribution in [1.82, 2.24) is 4.98 Å². The van der Waals surface area contributed by atoms with Gasteiger partial charge in [0.05, 0.1) is 0 Å². The molecular weight excluding hydrogens is 353 g/mol. The Kier molecular flexibility index (Phi) is 2.17. The molecule has 0 aromatic carbocycles. The summed E-state index contributed by atoms with van der Waals surface area (Å²) in [6.07, 6.45) is 9.92. The minimum absolute atomic E-state index is 0. The average molecular weight is 387 g/mol. The van der Waals surface area contributed by atoms with E-state index in [2.05, 4.69) is 85.8 Å². The molecule has 0 spiro atoms. The molecule has 0 saturated heterocycles. The number of hydrogen-bond acceptors (Lipinski definition) is 0. The van der Waals surface area contributed by atoms with Crippen LogP contribution in [0, 0.1) is 0 Å². The summed E-state index contributed by atoms with van der Waals surface area (Å²) >= 11 is 0. The van der Waals surface area contributed by atoms with Crippen molar-refractivity contribution in [2.75, 3.05) is 0 Å². The van der Waals surface area contributed by atoms with Gasteiger partial charge in [-0.1, -0.05) is 0 Å². The summed E-state index contributed by atoms with van der Waals surface area (Å²) in [4.78, 5) is 3.60. The fourth-order valence-electron chi connectivity index (χ4n) is 3.75. The molecule has 0 amide bonds. The molecule has 0 atom stereocenters. The Morgan fingerprint density at radius 2 is 1.52 bits per heavy atom. The van der Waals surface area contributed by atoms with E-state index >= 15 is 0 Å². The first-order valence-corrected chi connectivity index (χ1v) is 24.1. The predicted molar refractivity (Wildman–Crippen MR) is 106 cm³/mol. The Labute approximate surface area is 132 Å². The van der Waals surface area contributed by atoms with Crippen molar-refractivity contribution in [2.45, 2.75) is 43.0 Å². The van der Waals surface area contributed by atoms with Crippen LogP contribution in [0.1, 0.15) is 6.42 Å². The zero-order valence-electron chi connectivity index (χ0n) is 14.7. The van der Waals surface area contributed by atoms with Crippen LogP contribution in [0.25, 0.3) is 0 Å². The van der Waals surface area contributed by atoms with Crippen molar-refractivity contribution >= 4 is 36.4 Å². The van der Waals surface area contributed by atoms with Crippen molar-refractivity contribution < 1.29 is 7.63 Å². The summed E-state index contributed by atoms with van der Waals surface area (Å²) in [5.74, 6) is 0. The fraction of sp³-hybridized carbons (Fsp3) is 0.500. The Morgan fingerprint density at radius 1 is 1.00 bits per heavy atom. The van der Waals surface area contributed by atoms with Gasteiger partial charge in [0.15, 0.2) is 0 Å². The van der Waals surface area contributed by atoms with Crippen LogP contribution >= 0.6 is 24.8 Å². The van der Waals surface area contributed by atoms with Crippen LogP contribution in [-0.2, 0) is 7.63 Å². The molecule has 1 nitrogen and oxygen atoms in total. The molecule has 1 heterocycles. The van der Waals surface area contributed by atoms with Gasteiger partial charge in [-0.15, -0.1) is 24.8 Å². The van der Waals surface area contributed by atoms with E-state index < -0.39 is 7.63 Å². The Bertz CT molecular complexity index is 893. The molecule has 125 valence electrons. The van der Waals surface area contributed by atoms with E-state index in [-0.39, 0.29) is 24.8 Å². The molecule has 5 heteroatoms. The van der Waals surface area contributed by atoms with Crippen LogP contribution in [0.15, 0.2) is 40.4 Å². The van der Waals surface area contributed by atoms with Crippen LogP contribution in [0.4, 0.5) is 0 Å². The third-order valence-corrected chi connectivity index (χ3v) is 25.9. The quantitative estimate of drug-likeness (QED) is 0.638. The number of aromatic amines is 1. The SMILES string of the molecule is Cl.Cl.[CH3][Ti]([CH3])([CH3])([CH3])([CH3])([CH3])([CH3])(=[SiH2])([C]1=CC=CC1)[c]1ccc[nH]1. The molecule has 0 saturated carbocycles. The van der Waals surface area contributed by atoms with Crippen molar-refractivity contribution in [3.63, 3.8) is 0 Å². The molecule has 1 aromatic rings. The Morgan fingerprint density at radius 3 is 1.86 bits per heavy atom. The molecule has 0 radical (unpaired) electrons. The number of rotatable bonds is 2. The monoisotopic (exact) mass is 386 g/mol. The number of halogens is 2. The van der Waals surface area contributed by atoms with Gasteiger partial charge < -0.3 is 0 Å². The summed E-state index contributed by atoms with van der Waals surface area (Å²) < 4.78 is 2.88. The molecule has 1 aliphatic rings. The first kappa shape index (κ1) is 21.3. The van der Waals surface area contributed by atoms with E-state index in [1.165, 1.54) is 7.88 Å². The van der Waals surface area contributed by atoms with Gasteiger partial charge in [-0.05, 0) is 0 Å². The number of H-pyrrole nitrogens is 1. The molecule has 0 bridgehead atoms. The van der Waals surface area contributed by atoms with Gasteiger partial charge in [-0.25, -0.2) is 0 Å². The second kappa shape index (κ2) is 2.14. The zero-order valence-corrected chi connectivity index (χ0v) is 19.3.